The largest absolute Gasteiger partial charge is 0.479 e. The maximum absolute atomic E-state index is 10.8. The van der Waals surface area contributed by atoms with Crippen LogP contribution in [0.15, 0.2) is 0 Å². The minimum absolute atomic E-state index is 0.0606. The van der Waals surface area contributed by atoms with Crippen molar-refractivity contribution in [3.05, 3.63) is 0 Å². The average Bonchev–Trinajstić information content (AvgIpc) is 2.73. The summed E-state index contributed by atoms with van der Waals surface area (Å²) < 4.78 is 5.55. The molecule has 2 saturated heterocycles. The molecule has 110 valence electrons. The lowest BCUT2D eigenvalue weighted by Crippen LogP contribution is -2.37. The Kier molecular flexibility index (Phi) is 5.57. The van der Waals surface area contributed by atoms with Crippen LogP contribution in [0.3, 0.4) is 0 Å². The van der Waals surface area contributed by atoms with E-state index in [0.29, 0.717) is 6.42 Å². The zero-order chi connectivity index (χ0) is 13.7. The first-order valence-electron chi connectivity index (χ1n) is 7.13. The van der Waals surface area contributed by atoms with Gasteiger partial charge in [0.05, 0.1) is 12.7 Å². The Hall–Kier alpha value is -0.690. The van der Waals surface area contributed by atoms with Crippen LogP contribution in [0.25, 0.3) is 0 Å². The number of rotatable bonds is 5. The Morgan fingerprint density at radius 2 is 1.89 bits per heavy atom. The van der Waals surface area contributed by atoms with Gasteiger partial charge in [-0.2, -0.15) is 0 Å². The van der Waals surface area contributed by atoms with Crippen LogP contribution in [0.2, 0.25) is 0 Å². The zero-order valence-corrected chi connectivity index (χ0v) is 11.3. The second-order valence-electron chi connectivity index (χ2n) is 5.38. The molecule has 2 rings (SSSR count). The number of carbonyl (C=O) groups is 1. The Bertz CT molecular complexity index is 300. The topological polar surface area (TPSA) is 73.2 Å². The van der Waals surface area contributed by atoms with E-state index in [2.05, 4.69) is 9.80 Å². The van der Waals surface area contributed by atoms with Crippen LogP contribution in [-0.2, 0) is 9.53 Å². The van der Waals surface area contributed by atoms with Crippen LogP contribution in [-0.4, -0.2) is 84.1 Å². The van der Waals surface area contributed by atoms with E-state index in [0.717, 1.165) is 52.1 Å². The van der Waals surface area contributed by atoms with Gasteiger partial charge in [-0.25, -0.2) is 4.79 Å². The lowest BCUT2D eigenvalue weighted by molar-refractivity contribution is -0.149. The summed E-state index contributed by atoms with van der Waals surface area (Å²) in [6.45, 7) is 5.78. The second kappa shape index (κ2) is 7.19. The van der Waals surface area contributed by atoms with Crippen molar-refractivity contribution in [1.82, 2.24) is 9.80 Å². The Labute approximate surface area is 113 Å². The lowest BCUT2D eigenvalue weighted by Gasteiger charge is -2.24. The SMILES string of the molecule is O=C(O)C1CCC(CN2CCCN(CCO)CC2)O1. The summed E-state index contributed by atoms with van der Waals surface area (Å²) in [5.74, 6) is -0.840. The lowest BCUT2D eigenvalue weighted by atomic mass is 10.2. The number of aliphatic hydroxyl groups excluding tert-OH is 1. The van der Waals surface area contributed by atoms with Crippen LogP contribution >= 0.6 is 0 Å². The molecular weight excluding hydrogens is 248 g/mol. The van der Waals surface area contributed by atoms with Crippen molar-refractivity contribution < 1.29 is 19.7 Å². The highest BCUT2D eigenvalue weighted by molar-refractivity contribution is 5.72. The van der Waals surface area contributed by atoms with E-state index in [-0.39, 0.29) is 12.7 Å². The molecule has 0 aromatic heterocycles. The first-order valence-corrected chi connectivity index (χ1v) is 7.13. The van der Waals surface area contributed by atoms with Crippen molar-refractivity contribution in [2.24, 2.45) is 0 Å². The van der Waals surface area contributed by atoms with Gasteiger partial charge in [-0.1, -0.05) is 0 Å². The van der Waals surface area contributed by atoms with Crippen LogP contribution in [0.4, 0.5) is 0 Å². The van der Waals surface area contributed by atoms with E-state index in [9.17, 15) is 4.79 Å². The summed E-state index contributed by atoms with van der Waals surface area (Å²) in [5, 5.41) is 17.9. The third-order valence-corrected chi connectivity index (χ3v) is 3.94. The van der Waals surface area contributed by atoms with Gasteiger partial charge in [-0.15, -0.1) is 0 Å². The van der Waals surface area contributed by atoms with Crippen LogP contribution in [0.5, 0.6) is 0 Å². The summed E-state index contributed by atoms with van der Waals surface area (Å²) in [4.78, 5) is 15.5. The van der Waals surface area contributed by atoms with Gasteiger partial charge in [0.1, 0.15) is 0 Å². The molecule has 0 aliphatic carbocycles. The van der Waals surface area contributed by atoms with Gasteiger partial charge in [0.15, 0.2) is 6.10 Å². The number of carboxylic acids is 1. The second-order valence-corrected chi connectivity index (χ2v) is 5.38. The van der Waals surface area contributed by atoms with E-state index < -0.39 is 12.1 Å². The molecular formula is C13H24N2O4. The third-order valence-electron chi connectivity index (χ3n) is 3.94. The fourth-order valence-corrected chi connectivity index (χ4v) is 2.88. The summed E-state index contributed by atoms with van der Waals surface area (Å²) in [6.07, 6.45) is 2.02. The smallest absolute Gasteiger partial charge is 0.332 e. The number of β-amino-alcohol motifs (C(OH)–C–C–N with tert-alkyl or cyclic N) is 1. The van der Waals surface area contributed by atoms with Crippen LogP contribution in [0.1, 0.15) is 19.3 Å². The van der Waals surface area contributed by atoms with Crippen molar-refractivity contribution in [1.29, 1.82) is 0 Å². The van der Waals surface area contributed by atoms with Crippen LogP contribution in [0, 0.1) is 0 Å². The quantitative estimate of drug-likeness (QED) is 0.711. The van der Waals surface area contributed by atoms with E-state index in [1.807, 2.05) is 0 Å². The highest BCUT2D eigenvalue weighted by Gasteiger charge is 2.31. The van der Waals surface area contributed by atoms with Gasteiger partial charge in [0, 0.05) is 26.2 Å². The molecule has 0 amide bonds. The average molecular weight is 272 g/mol. The summed E-state index contributed by atoms with van der Waals surface area (Å²) in [6, 6.07) is 0. The molecule has 2 fully saturated rings. The highest BCUT2D eigenvalue weighted by Crippen LogP contribution is 2.21. The van der Waals surface area contributed by atoms with Gasteiger partial charge in [0.2, 0.25) is 0 Å². The van der Waals surface area contributed by atoms with E-state index >= 15 is 0 Å². The molecule has 0 spiro atoms. The number of ether oxygens (including phenoxy) is 1. The molecule has 2 heterocycles. The molecule has 0 aromatic rings. The first kappa shape index (κ1) is 14.7. The number of hydrogen-bond donors (Lipinski definition) is 2. The van der Waals surface area contributed by atoms with E-state index in [1.165, 1.54) is 0 Å². The molecule has 0 aromatic carbocycles. The molecule has 2 N–H and O–H groups in total. The number of aliphatic hydroxyl groups is 1. The van der Waals surface area contributed by atoms with Crippen molar-refractivity contribution in [2.45, 2.75) is 31.5 Å². The Morgan fingerprint density at radius 1 is 1.16 bits per heavy atom. The maximum atomic E-state index is 10.8. The molecule has 6 heteroatoms. The van der Waals surface area contributed by atoms with Gasteiger partial charge < -0.3 is 14.9 Å². The minimum Gasteiger partial charge on any atom is -0.479 e. The minimum atomic E-state index is -0.840. The standard InChI is InChI=1S/C13H24N2O4/c16-9-8-14-4-1-5-15(7-6-14)10-11-2-3-12(19-11)13(17)18/h11-12,16H,1-10H2,(H,17,18). The highest BCUT2D eigenvalue weighted by atomic mass is 16.5. The molecule has 2 unspecified atom stereocenters. The predicted octanol–water partition coefficient (Wildman–Crippen LogP) is -0.381. The van der Waals surface area contributed by atoms with Crippen molar-refractivity contribution in [3.63, 3.8) is 0 Å². The Balaban J connectivity index is 1.73. The molecule has 6 nitrogen and oxygen atoms in total. The number of carboxylic acid groups (broad SMARTS) is 1. The molecule has 19 heavy (non-hydrogen) atoms. The molecule has 2 aliphatic heterocycles. The van der Waals surface area contributed by atoms with Crippen molar-refractivity contribution in [3.8, 4) is 0 Å². The summed E-state index contributed by atoms with van der Waals surface area (Å²) in [5.41, 5.74) is 0. The summed E-state index contributed by atoms with van der Waals surface area (Å²) in [7, 11) is 0. The molecule has 2 aliphatic rings. The van der Waals surface area contributed by atoms with Crippen molar-refractivity contribution >= 4 is 5.97 Å². The fourth-order valence-electron chi connectivity index (χ4n) is 2.88. The fraction of sp³-hybridized carbons (Fsp3) is 0.923. The van der Waals surface area contributed by atoms with E-state index in [1.54, 1.807) is 0 Å². The van der Waals surface area contributed by atoms with Crippen molar-refractivity contribution in [2.75, 3.05) is 45.9 Å². The molecule has 0 saturated carbocycles. The van der Waals surface area contributed by atoms with Gasteiger partial charge in [-0.3, -0.25) is 9.80 Å². The molecule has 2 atom stereocenters. The van der Waals surface area contributed by atoms with E-state index in [4.69, 9.17) is 14.9 Å². The number of hydrogen-bond acceptors (Lipinski definition) is 5. The van der Waals surface area contributed by atoms with Gasteiger partial charge in [0.25, 0.3) is 0 Å². The first-order chi connectivity index (χ1) is 9.19. The van der Waals surface area contributed by atoms with Gasteiger partial charge in [-0.05, 0) is 32.4 Å². The Morgan fingerprint density at radius 3 is 2.58 bits per heavy atom. The molecule has 0 radical (unpaired) electrons. The third kappa shape index (κ3) is 4.42. The maximum Gasteiger partial charge on any atom is 0.332 e. The summed E-state index contributed by atoms with van der Waals surface area (Å²) >= 11 is 0. The normalized spacial score (nSPS) is 30.4. The predicted molar refractivity (Wildman–Crippen MR) is 70.1 cm³/mol. The monoisotopic (exact) mass is 272 g/mol. The van der Waals surface area contributed by atoms with Gasteiger partial charge >= 0.3 is 5.97 Å². The van der Waals surface area contributed by atoms with Crippen LogP contribution < -0.4 is 0 Å². The number of aliphatic carboxylic acids is 1. The molecule has 0 bridgehead atoms. The number of nitrogens with zero attached hydrogens (tertiary/aromatic N) is 2. The zero-order valence-electron chi connectivity index (χ0n) is 11.3.